The van der Waals surface area contributed by atoms with Crippen molar-refractivity contribution in [1.29, 1.82) is 0 Å². The fourth-order valence-electron chi connectivity index (χ4n) is 4.40. The number of hydrogen-bond acceptors (Lipinski definition) is 4. The molecule has 1 amide bonds. The SMILES string of the molecule is CCc1cccc2c(C(C)=O)cn(CC(=O)NC3CCc4nn(C)c(=O)n4CC3)c12. The van der Waals surface area contributed by atoms with Crippen molar-refractivity contribution < 1.29 is 9.59 Å². The number of aryl methyl sites for hydroxylation is 3. The van der Waals surface area contributed by atoms with Crippen LogP contribution in [0.4, 0.5) is 0 Å². The normalized spacial score (nSPS) is 16.3. The second-order valence-corrected chi connectivity index (χ2v) is 7.96. The smallest absolute Gasteiger partial charge is 0.345 e. The van der Waals surface area contributed by atoms with Gasteiger partial charge in [-0.25, -0.2) is 9.48 Å². The number of hydrogen-bond donors (Lipinski definition) is 1. The molecule has 1 unspecified atom stereocenters. The van der Waals surface area contributed by atoms with Gasteiger partial charge < -0.3 is 9.88 Å². The third-order valence-electron chi connectivity index (χ3n) is 5.92. The number of para-hydroxylation sites is 1. The third-order valence-corrected chi connectivity index (χ3v) is 5.92. The molecule has 30 heavy (non-hydrogen) atoms. The lowest BCUT2D eigenvalue weighted by atomic mass is 10.1. The molecular weight excluding hydrogens is 382 g/mol. The molecule has 4 rings (SSSR count). The van der Waals surface area contributed by atoms with Gasteiger partial charge in [-0.15, -0.1) is 0 Å². The lowest BCUT2D eigenvalue weighted by Gasteiger charge is -2.17. The van der Waals surface area contributed by atoms with E-state index in [1.807, 2.05) is 22.8 Å². The first-order valence-corrected chi connectivity index (χ1v) is 10.4. The highest BCUT2D eigenvalue weighted by Gasteiger charge is 2.22. The van der Waals surface area contributed by atoms with Crippen LogP contribution in [0.1, 0.15) is 48.4 Å². The van der Waals surface area contributed by atoms with Gasteiger partial charge in [0, 0.05) is 43.2 Å². The van der Waals surface area contributed by atoms with Crippen LogP contribution < -0.4 is 11.0 Å². The molecule has 1 aromatic carbocycles. The predicted octanol–water partition coefficient (Wildman–Crippen LogP) is 1.82. The molecule has 0 fully saturated rings. The van der Waals surface area contributed by atoms with Crippen molar-refractivity contribution in [3.63, 3.8) is 0 Å². The number of nitrogens with one attached hydrogen (secondary N) is 1. The molecule has 3 heterocycles. The number of benzene rings is 1. The second-order valence-electron chi connectivity index (χ2n) is 7.96. The van der Waals surface area contributed by atoms with Crippen LogP contribution in [0.25, 0.3) is 10.9 Å². The molecule has 1 N–H and O–H groups in total. The summed E-state index contributed by atoms with van der Waals surface area (Å²) in [5.74, 6) is 0.673. The summed E-state index contributed by atoms with van der Waals surface area (Å²) in [6.45, 7) is 4.33. The second kappa shape index (κ2) is 7.93. The molecule has 3 aromatic rings. The molecule has 8 heteroatoms. The molecule has 0 saturated carbocycles. The highest BCUT2D eigenvalue weighted by atomic mass is 16.2. The van der Waals surface area contributed by atoms with E-state index >= 15 is 0 Å². The van der Waals surface area contributed by atoms with Crippen molar-refractivity contribution in [2.75, 3.05) is 0 Å². The van der Waals surface area contributed by atoms with E-state index in [1.165, 1.54) is 4.68 Å². The van der Waals surface area contributed by atoms with E-state index in [2.05, 4.69) is 17.3 Å². The lowest BCUT2D eigenvalue weighted by Crippen LogP contribution is -2.37. The van der Waals surface area contributed by atoms with Crippen molar-refractivity contribution in [1.82, 2.24) is 24.2 Å². The summed E-state index contributed by atoms with van der Waals surface area (Å²) in [7, 11) is 1.66. The van der Waals surface area contributed by atoms with Gasteiger partial charge in [-0.05, 0) is 31.7 Å². The summed E-state index contributed by atoms with van der Waals surface area (Å²) in [6.07, 6.45) is 4.70. The molecule has 8 nitrogen and oxygen atoms in total. The maximum atomic E-state index is 12.8. The molecule has 0 bridgehead atoms. The van der Waals surface area contributed by atoms with E-state index in [-0.39, 0.29) is 30.0 Å². The van der Waals surface area contributed by atoms with Gasteiger partial charge in [0.05, 0.1) is 5.52 Å². The average molecular weight is 409 g/mol. The zero-order chi connectivity index (χ0) is 21.4. The Morgan fingerprint density at radius 1 is 1.27 bits per heavy atom. The maximum absolute atomic E-state index is 12.8. The van der Waals surface area contributed by atoms with Gasteiger partial charge in [-0.2, -0.15) is 5.10 Å². The Morgan fingerprint density at radius 3 is 2.80 bits per heavy atom. The molecular formula is C22H27N5O3. The van der Waals surface area contributed by atoms with Crippen molar-refractivity contribution in [2.45, 2.75) is 58.7 Å². The number of aromatic nitrogens is 4. The van der Waals surface area contributed by atoms with E-state index in [0.717, 1.165) is 35.1 Å². The Bertz CT molecular complexity index is 1180. The van der Waals surface area contributed by atoms with Gasteiger partial charge >= 0.3 is 5.69 Å². The molecule has 1 aliphatic heterocycles. The molecule has 2 aromatic heterocycles. The number of rotatable bonds is 5. The van der Waals surface area contributed by atoms with Gasteiger partial charge in [0.15, 0.2) is 5.78 Å². The van der Waals surface area contributed by atoms with Crippen molar-refractivity contribution in [3.05, 3.63) is 51.8 Å². The summed E-state index contributed by atoms with van der Waals surface area (Å²) >= 11 is 0. The molecule has 1 atom stereocenters. The largest absolute Gasteiger partial charge is 0.352 e. The van der Waals surface area contributed by atoms with Crippen molar-refractivity contribution >= 4 is 22.6 Å². The average Bonchev–Trinajstić information content (AvgIpc) is 3.13. The zero-order valence-electron chi connectivity index (χ0n) is 17.6. The van der Waals surface area contributed by atoms with E-state index in [4.69, 9.17) is 0 Å². The predicted molar refractivity (Wildman–Crippen MR) is 114 cm³/mol. The summed E-state index contributed by atoms with van der Waals surface area (Å²) in [6, 6.07) is 5.92. The minimum atomic E-state index is -0.111. The first-order valence-electron chi connectivity index (χ1n) is 10.4. The van der Waals surface area contributed by atoms with E-state index < -0.39 is 0 Å². The highest BCUT2D eigenvalue weighted by Crippen LogP contribution is 2.26. The van der Waals surface area contributed by atoms with Crippen LogP contribution in [0.5, 0.6) is 0 Å². The quantitative estimate of drug-likeness (QED) is 0.651. The van der Waals surface area contributed by atoms with Crippen LogP contribution in [-0.2, 0) is 37.8 Å². The number of ketones is 1. The zero-order valence-corrected chi connectivity index (χ0v) is 17.6. The van der Waals surface area contributed by atoms with Gasteiger partial charge in [-0.3, -0.25) is 14.2 Å². The Labute approximate surface area is 174 Å². The van der Waals surface area contributed by atoms with Crippen LogP contribution in [0.2, 0.25) is 0 Å². The first kappa shape index (κ1) is 20.1. The van der Waals surface area contributed by atoms with Gasteiger partial charge in [-0.1, -0.05) is 25.1 Å². The van der Waals surface area contributed by atoms with Crippen molar-refractivity contribution in [2.24, 2.45) is 7.05 Å². The monoisotopic (exact) mass is 409 g/mol. The molecule has 1 aliphatic rings. The van der Waals surface area contributed by atoms with E-state index in [1.54, 1.807) is 24.7 Å². The summed E-state index contributed by atoms with van der Waals surface area (Å²) < 4.78 is 4.94. The third kappa shape index (κ3) is 3.58. The number of carbonyl (C=O) groups excluding carboxylic acids is 2. The fourth-order valence-corrected chi connectivity index (χ4v) is 4.40. The fraction of sp³-hybridized carbons (Fsp3) is 0.455. The number of amides is 1. The van der Waals surface area contributed by atoms with Crippen LogP contribution in [0.3, 0.4) is 0 Å². The van der Waals surface area contributed by atoms with Crippen LogP contribution >= 0.6 is 0 Å². The van der Waals surface area contributed by atoms with Gasteiger partial charge in [0.2, 0.25) is 5.91 Å². The van der Waals surface area contributed by atoms with Gasteiger partial charge in [0.25, 0.3) is 0 Å². The van der Waals surface area contributed by atoms with Gasteiger partial charge in [0.1, 0.15) is 12.4 Å². The highest BCUT2D eigenvalue weighted by molar-refractivity contribution is 6.07. The number of carbonyl (C=O) groups is 2. The Morgan fingerprint density at radius 2 is 2.07 bits per heavy atom. The molecule has 158 valence electrons. The Kier molecular flexibility index (Phi) is 5.32. The van der Waals surface area contributed by atoms with E-state index in [9.17, 15) is 14.4 Å². The molecule has 0 radical (unpaired) electrons. The van der Waals surface area contributed by atoms with Crippen molar-refractivity contribution in [3.8, 4) is 0 Å². The standard InChI is InChI=1S/C22H27N5O3/c1-4-15-6-5-7-17-18(14(2)28)12-26(21(15)17)13-20(29)23-16-8-9-19-24-25(3)22(30)27(19)11-10-16/h5-7,12,16H,4,8-11,13H2,1-3H3,(H,23,29). The first-order chi connectivity index (χ1) is 14.4. The van der Waals surface area contributed by atoms with E-state index in [0.29, 0.717) is 24.9 Å². The maximum Gasteiger partial charge on any atom is 0.345 e. The minimum Gasteiger partial charge on any atom is -0.352 e. The summed E-state index contributed by atoms with van der Waals surface area (Å²) in [5.41, 5.74) is 2.59. The van der Waals surface area contributed by atoms with Crippen LogP contribution in [0.15, 0.2) is 29.2 Å². The summed E-state index contributed by atoms with van der Waals surface area (Å²) in [4.78, 5) is 37.1. The molecule has 0 spiro atoms. The molecule has 0 aliphatic carbocycles. The van der Waals surface area contributed by atoms with Crippen LogP contribution in [-0.4, -0.2) is 36.6 Å². The lowest BCUT2D eigenvalue weighted by molar-refractivity contribution is -0.122. The Balaban J connectivity index is 1.51. The number of nitrogens with zero attached hydrogens (tertiary/aromatic N) is 4. The minimum absolute atomic E-state index is 0.00724. The summed E-state index contributed by atoms with van der Waals surface area (Å²) in [5, 5.41) is 8.29. The number of fused-ring (bicyclic) bond motifs is 2. The molecule has 0 saturated heterocycles. The number of Topliss-reactive ketones (excluding diaryl/α,β-unsaturated/α-hetero) is 1. The Hall–Kier alpha value is -3.16. The van der Waals surface area contributed by atoms with Crippen LogP contribution in [0, 0.1) is 0 Å². The topological polar surface area (TPSA) is 90.9 Å².